The molecule has 0 radical (unpaired) electrons. The zero-order valence-corrected chi connectivity index (χ0v) is 12.4. The summed E-state index contributed by atoms with van der Waals surface area (Å²) >= 11 is 1.96. The minimum atomic E-state index is 0.778. The van der Waals surface area contributed by atoms with E-state index in [4.69, 9.17) is 0 Å². The predicted octanol–water partition coefficient (Wildman–Crippen LogP) is 4.26. The molecular weight excluding hydrogens is 238 g/mol. The van der Waals surface area contributed by atoms with E-state index in [1.807, 2.05) is 11.8 Å². The van der Waals surface area contributed by atoms with Crippen LogP contribution >= 0.6 is 11.8 Å². The molecule has 100 valence electrons. The molecule has 1 saturated carbocycles. The largest absolute Gasteiger partial charge is 0.313 e. The van der Waals surface area contributed by atoms with Gasteiger partial charge in [0.2, 0.25) is 0 Å². The van der Waals surface area contributed by atoms with Crippen LogP contribution in [0.25, 0.3) is 0 Å². The molecule has 1 aromatic carbocycles. The van der Waals surface area contributed by atoms with E-state index in [9.17, 15) is 0 Å². The number of rotatable bonds is 5. The van der Waals surface area contributed by atoms with Gasteiger partial charge in [-0.2, -0.15) is 0 Å². The van der Waals surface area contributed by atoms with Gasteiger partial charge in [0.25, 0.3) is 0 Å². The minimum absolute atomic E-state index is 0.778. The summed E-state index contributed by atoms with van der Waals surface area (Å²) < 4.78 is 0. The van der Waals surface area contributed by atoms with Crippen molar-refractivity contribution in [3.05, 3.63) is 29.8 Å². The van der Waals surface area contributed by atoms with Gasteiger partial charge in [-0.25, -0.2) is 0 Å². The van der Waals surface area contributed by atoms with Gasteiger partial charge < -0.3 is 5.32 Å². The third-order valence-corrected chi connectivity index (χ3v) is 4.85. The fraction of sp³-hybridized carbons (Fsp3) is 0.625. The van der Waals surface area contributed by atoms with E-state index >= 15 is 0 Å². The molecule has 1 fully saturated rings. The maximum absolute atomic E-state index is 3.70. The molecule has 2 heteroatoms. The Hall–Kier alpha value is -0.470. The average Bonchev–Trinajstić information content (AvgIpc) is 2.39. The van der Waals surface area contributed by atoms with Crippen molar-refractivity contribution < 1.29 is 0 Å². The molecule has 0 saturated heterocycles. The molecule has 1 aromatic rings. The van der Waals surface area contributed by atoms with Crippen LogP contribution in [-0.4, -0.2) is 18.3 Å². The Morgan fingerprint density at radius 3 is 2.44 bits per heavy atom. The second-order valence-electron chi connectivity index (χ2n) is 5.57. The Balaban J connectivity index is 1.60. The molecule has 0 unspecified atom stereocenters. The lowest BCUT2D eigenvalue weighted by molar-refractivity contribution is 0.312. The smallest absolute Gasteiger partial charge is 0.0106 e. The van der Waals surface area contributed by atoms with Crippen molar-refractivity contribution in [1.29, 1.82) is 0 Å². The fourth-order valence-electron chi connectivity index (χ4n) is 2.53. The SMILES string of the molecule is Cc1ccc(SCCNC2CCC(C)CC2)cc1. The molecule has 1 nitrogen and oxygen atoms in total. The van der Waals surface area contributed by atoms with Crippen molar-refractivity contribution >= 4 is 11.8 Å². The first-order valence-electron chi connectivity index (χ1n) is 7.17. The summed E-state index contributed by atoms with van der Waals surface area (Å²) in [5.41, 5.74) is 1.34. The van der Waals surface area contributed by atoms with Crippen molar-refractivity contribution in [3.63, 3.8) is 0 Å². The van der Waals surface area contributed by atoms with Crippen LogP contribution in [-0.2, 0) is 0 Å². The molecule has 0 atom stereocenters. The highest BCUT2D eigenvalue weighted by molar-refractivity contribution is 7.99. The highest BCUT2D eigenvalue weighted by Gasteiger charge is 2.16. The van der Waals surface area contributed by atoms with E-state index in [1.54, 1.807) is 0 Å². The van der Waals surface area contributed by atoms with E-state index in [2.05, 4.69) is 43.4 Å². The summed E-state index contributed by atoms with van der Waals surface area (Å²) in [6.45, 7) is 5.65. The van der Waals surface area contributed by atoms with Crippen LogP contribution in [0.5, 0.6) is 0 Å². The van der Waals surface area contributed by atoms with Crippen LogP contribution < -0.4 is 5.32 Å². The molecule has 0 aromatic heterocycles. The molecule has 2 rings (SSSR count). The Morgan fingerprint density at radius 1 is 1.11 bits per heavy atom. The van der Waals surface area contributed by atoms with Crippen LogP contribution in [0.1, 0.15) is 38.2 Å². The van der Waals surface area contributed by atoms with Crippen molar-refractivity contribution in [3.8, 4) is 0 Å². The number of hydrogen-bond donors (Lipinski definition) is 1. The van der Waals surface area contributed by atoms with Gasteiger partial charge in [-0.05, 0) is 50.7 Å². The van der Waals surface area contributed by atoms with Crippen molar-refractivity contribution in [2.75, 3.05) is 12.3 Å². The third kappa shape index (κ3) is 4.66. The van der Waals surface area contributed by atoms with Crippen LogP contribution in [0.15, 0.2) is 29.2 Å². The minimum Gasteiger partial charge on any atom is -0.313 e. The summed E-state index contributed by atoms with van der Waals surface area (Å²) in [4.78, 5) is 1.39. The fourth-order valence-corrected chi connectivity index (χ4v) is 3.31. The number of thioether (sulfide) groups is 1. The van der Waals surface area contributed by atoms with Crippen LogP contribution in [0.3, 0.4) is 0 Å². The van der Waals surface area contributed by atoms with E-state index in [0.717, 1.165) is 18.5 Å². The standard InChI is InChI=1S/C16H25NS/c1-13-3-7-15(8-4-13)17-11-12-18-16-9-5-14(2)6-10-16/h5-6,9-10,13,15,17H,3-4,7-8,11-12H2,1-2H3. The van der Waals surface area contributed by atoms with Gasteiger partial charge in [-0.15, -0.1) is 11.8 Å². The molecular formula is C16H25NS. The van der Waals surface area contributed by atoms with E-state index in [-0.39, 0.29) is 0 Å². The highest BCUT2D eigenvalue weighted by atomic mass is 32.2. The lowest BCUT2D eigenvalue weighted by Gasteiger charge is -2.26. The topological polar surface area (TPSA) is 12.0 Å². The molecule has 1 aliphatic carbocycles. The van der Waals surface area contributed by atoms with Gasteiger partial charge >= 0.3 is 0 Å². The molecule has 18 heavy (non-hydrogen) atoms. The zero-order chi connectivity index (χ0) is 12.8. The van der Waals surface area contributed by atoms with E-state index in [0.29, 0.717) is 0 Å². The zero-order valence-electron chi connectivity index (χ0n) is 11.6. The van der Waals surface area contributed by atoms with Gasteiger partial charge in [0.05, 0.1) is 0 Å². The molecule has 0 aliphatic heterocycles. The Morgan fingerprint density at radius 2 is 1.78 bits per heavy atom. The summed E-state index contributed by atoms with van der Waals surface area (Å²) in [6, 6.07) is 9.61. The monoisotopic (exact) mass is 263 g/mol. The number of benzene rings is 1. The predicted molar refractivity (Wildman–Crippen MR) is 81.3 cm³/mol. The second-order valence-corrected chi connectivity index (χ2v) is 6.74. The number of hydrogen-bond acceptors (Lipinski definition) is 2. The van der Waals surface area contributed by atoms with Crippen molar-refractivity contribution in [1.82, 2.24) is 5.32 Å². The van der Waals surface area contributed by atoms with Crippen molar-refractivity contribution in [2.45, 2.75) is 50.5 Å². The molecule has 0 bridgehead atoms. The Kier molecular flexibility index (Phi) is 5.58. The van der Waals surface area contributed by atoms with Crippen molar-refractivity contribution in [2.24, 2.45) is 5.92 Å². The molecule has 0 heterocycles. The van der Waals surface area contributed by atoms with Crippen LogP contribution in [0.4, 0.5) is 0 Å². The summed E-state index contributed by atoms with van der Waals surface area (Å²) in [5.74, 6) is 2.12. The van der Waals surface area contributed by atoms with Crippen LogP contribution in [0, 0.1) is 12.8 Å². The average molecular weight is 263 g/mol. The first-order chi connectivity index (χ1) is 8.74. The third-order valence-electron chi connectivity index (χ3n) is 3.84. The highest BCUT2D eigenvalue weighted by Crippen LogP contribution is 2.23. The van der Waals surface area contributed by atoms with Gasteiger partial charge in [0.1, 0.15) is 0 Å². The summed E-state index contributed by atoms with van der Waals surface area (Å²) in [7, 11) is 0. The maximum atomic E-state index is 3.70. The number of aryl methyl sites for hydroxylation is 1. The van der Waals surface area contributed by atoms with E-state index < -0.39 is 0 Å². The van der Waals surface area contributed by atoms with Gasteiger partial charge in [-0.3, -0.25) is 0 Å². The lowest BCUT2D eigenvalue weighted by Crippen LogP contribution is -2.34. The van der Waals surface area contributed by atoms with Gasteiger partial charge in [0, 0.05) is 23.2 Å². The molecule has 0 amide bonds. The Bertz CT molecular complexity index is 339. The second kappa shape index (κ2) is 7.20. The first kappa shape index (κ1) is 14.0. The molecule has 1 aliphatic rings. The maximum Gasteiger partial charge on any atom is 0.0106 e. The normalized spacial score (nSPS) is 24.1. The molecule has 0 spiro atoms. The number of nitrogens with one attached hydrogen (secondary N) is 1. The van der Waals surface area contributed by atoms with Crippen LogP contribution in [0.2, 0.25) is 0 Å². The molecule has 1 N–H and O–H groups in total. The summed E-state index contributed by atoms with van der Waals surface area (Å²) in [5, 5.41) is 3.70. The first-order valence-corrected chi connectivity index (χ1v) is 8.15. The Labute approximate surface area is 116 Å². The lowest BCUT2D eigenvalue weighted by atomic mass is 9.87. The van der Waals surface area contributed by atoms with Gasteiger partial charge in [0.15, 0.2) is 0 Å². The van der Waals surface area contributed by atoms with Gasteiger partial charge in [-0.1, -0.05) is 24.6 Å². The van der Waals surface area contributed by atoms with E-state index in [1.165, 1.54) is 41.9 Å². The summed E-state index contributed by atoms with van der Waals surface area (Å²) in [6.07, 6.45) is 5.55. The quantitative estimate of drug-likeness (QED) is 0.629.